The first-order chi connectivity index (χ1) is 17.4. The zero-order valence-corrected chi connectivity index (χ0v) is 21.3. The molecule has 1 saturated heterocycles. The van der Waals surface area contributed by atoms with E-state index in [0.29, 0.717) is 11.7 Å². The molecule has 3 aromatic heterocycles. The molecule has 1 aromatic carbocycles. The first-order valence-corrected chi connectivity index (χ1v) is 12.4. The molecule has 5 rings (SSSR count). The zero-order valence-electron chi connectivity index (χ0n) is 20.5. The molecule has 7 nitrogen and oxygen atoms in total. The van der Waals surface area contributed by atoms with E-state index in [9.17, 15) is 4.79 Å². The number of carbonyl (C=O) groups is 1. The molecule has 0 spiro atoms. The summed E-state index contributed by atoms with van der Waals surface area (Å²) in [5, 5.41) is 7.15. The Morgan fingerprint density at radius 2 is 2.03 bits per heavy atom. The van der Waals surface area contributed by atoms with Gasteiger partial charge in [-0.3, -0.25) is 9.78 Å². The third-order valence-electron chi connectivity index (χ3n) is 6.44. The van der Waals surface area contributed by atoms with E-state index in [-0.39, 0.29) is 23.9 Å². The van der Waals surface area contributed by atoms with Gasteiger partial charge < -0.3 is 24.5 Å². The van der Waals surface area contributed by atoms with Gasteiger partial charge in [0.25, 0.3) is 0 Å². The minimum absolute atomic E-state index is 0.00643. The van der Waals surface area contributed by atoms with E-state index in [2.05, 4.69) is 43.4 Å². The summed E-state index contributed by atoms with van der Waals surface area (Å²) in [4.78, 5) is 19.1. The molecule has 2 atom stereocenters. The van der Waals surface area contributed by atoms with Gasteiger partial charge in [0.2, 0.25) is 5.91 Å². The third kappa shape index (κ3) is 4.64. The molecular formula is C28H29N5O2S. The molecule has 0 radical (unpaired) electrons. The van der Waals surface area contributed by atoms with Crippen LogP contribution in [0.2, 0.25) is 0 Å². The number of aromatic nitrogens is 2. The number of hydrogen-bond donors (Lipinski definition) is 2. The Morgan fingerprint density at radius 1 is 1.17 bits per heavy atom. The number of nitrogens with zero attached hydrogens (tertiary/aromatic N) is 3. The highest BCUT2D eigenvalue weighted by atomic mass is 32.1. The zero-order chi connectivity index (χ0) is 25.2. The van der Waals surface area contributed by atoms with Crippen LogP contribution in [0.4, 0.5) is 11.4 Å². The van der Waals surface area contributed by atoms with E-state index in [1.807, 2.05) is 69.3 Å². The number of amides is 1. The lowest BCUT2D eigenvalue weighted by atomic mass is 10.0. The van der Waals surface area contributed by atoms with Crippen molar-refractivity contribution in [3.63, 3.8) is 0 Å². The van der Waals surface area contributed by atoms with E-state index in [1.165, 1.54) is 0 Å². The Hall–Kier alpha value is -3.91. The molecule has 184 valence electrons. The summed E-state index contributed by atoms with van der Waals surface area (Å²) < 4.78 is 7.81. The summed E-state index contributed by atoms with van der Waals surface area (Å²) in [6.07, 6.45) is 5.55. The fourth-order valence-electron chi connectivity index (χ4n) is 4.56. The van der Waals surface area contributed by atoms with Crippen molar-refractivity contribution in [1.29, 1.82) is 0 Å². The fraction of sp³-hybridized carbons (Fsp3) is 0.250. The van der Waals surface area contributed by atoms with Crippen LogP contribution in [-0.4, -0.2) is 20.6 Å². The molecule has 2 N–H and O–H groups in total. The summed E-state index contributed by atoms with van der Waals surface area (Å²) >= 11 is 5.88. The van der Waals surface area contributed by atoms with Gasteiger partial charge in [-0.05, 0) is 79.3 Å². The normalized spacial score (nSPS) is 17.4. The molecule has 4 aromatic rings. The van der Waals surface area contributed by atoms with Gasteiger partial charge in [0, 0.05) is 35.4 Å². The van der Waals surface area contributed by atoms with E-state index >= 15 is 0 Å². The van der Waals surface area contributed by atoms with Crippen molar-refractivity contribution >= 4 is 34.6 Å². The quantitative estimate of drug-likeness (QED) is 0.322. The highest BCUT2D eigenvalue weighted by Gasteiger charge is 2.42. The highest BCUT2D eigenvalue weighted by Crippen LogP contribution is 2.42. The SMILES string of the molecule is Cc1cc(N2C(=S)NC(c3ccccn3)C2c2cccn2Cc2ccco2)ccc1NC(=O)C(C)C. The number of aryl methyl sites for hydroxylation is 1. The van der Waals surface area contributed by atoms with Crippen LogP contribution in [0, 0.1) is 12.8 Å². The van der Waals surface area contributed by atoms with Gasteiger partial charge >= 0.3 is 0 Å². The summed E-state index contributed by atoms with van der Waals surface area (Å²) in [5.41, 5.74) is 4.71. The number of nitrogens with one attached hydrogen (secondary N) is 2. The molecule has 4 heterocycles. The number of furan rings is 1. The highest BCUT2D eigenvalue weighted by molar-refractivity contribution is 7.80. The summed E-state index contributed by atoms with van der Waals surface area (Å²) in [5.74, 6) is 0.779. The standard InChI is InChI=1S/C28H29N5O2S/c1-18(2)27(34)30-22-12-11-20(16-19(22)3)33-26(25(31-28(33)36)23-9-4-5-13-29-23)24-10-6-14-32(24)17-21-8-7-15-35-21/h4-16,18,25-26H,17H2,1-3H3,(H,30,34)(H,31,36). The van der Waals surface area contributed by atoms with Crippen LogP contribution in [0.25, 0.3) is 0 Å². The largest absolute Gasteiger partial charge is 0.467 e. The van der Waals surface area contributed by atoms with Gasteiger partial charge in [-0.1, -0.05) is 19.9 Å². The molecule has 1 fully saturated rings. The number of carbonyl (C=O) groups excluding carboxylic acids is 1. The Labute approximate surface area is 216 Å². The lowest BCUT2D eigenvalue weighted by Crippen LogP contribution is -2.30. The molecule has 8 heteroatoms. The summed E-state index contributed by atoms with van der Waals surface area (Å²) in [6.45, 7) is 6.37. The number of hydrogen-bond acceptors (Lipinski definition) is 4. The van der Waals surface area contributed by atoms with Crippen molar-refractivity contribution in [3.8, 4) is 0 Å². The Bertz CT molecular complexity index is 1360. The van der Waals surface area contributed by atoms with Crippen LogP contribution in [0.1, 0.15) is 48.6 Å². The van der Waals surface area contributed by atoms with E-state index in [4.69, 9.17) is 16.6 Å². The Kier molecular flexibility index (Phi) is 6.61. The van der Waals surface area contributed by atoms with Gasteiger partial charge in [-0.2, -0.15) is 0 Å². The van der Waals surface area contributed by atoms with Gasteiger partial charge in [0.15, 0.2) is 5.11 Å². The number of thiocarbonyl (C=S) groups is 1. The fourth-order valence-corrected chi connectivity index (χ4v) is 4.90. The predicted octanol–water partition coefficient (Wildman–Crippen LogP) is 5.60. The van der Waals surface area contributed by atoms with E-state index < -0.39 is 0 Å². The minimum atomic E-state index is -0.149. The smallest absolute Gasteiger partial charge is 0.226 e. The van der Waals surface area contributed by atoms with Crippen molar-refractivity contribution < 1.29 is 9.21 Å². The second kappa shape index (κ2) is 9.99. The van der Waals surface area contributed by atoms with Gasteiger partial charge in [0.1, 0.15) is 11.8 Å². The lowest BCUT2D eigenvalue weighted by molar-refractivity contribution is -0.118. The maximum atomic E-state index is 12.3. The van der Waals surface area contributed by atoms with Crippen molar-refractivity contribution in [3.05, 3.63) is 102 Å². The molecule has 1 aliphatic heterocycles. The van der Waals surface area contributed by atoms with Gasteiger partial charge in [-0.15, -0.1) is 0 Å². The third-order valence-corrected chi connectivity index (χ3v) is 6.76. The van der Waals surface area contributed by atoms with Crippen molar-refractivity contribution in [2.75, 3.05) is 10.2 Å². The molecule has 1 amide bonds. The van der Waals surface area contributed by atoms with Crippen LogP contribution >= 0.6 is 12.2 Å². The number of benzene rings is 1. The number of anilines is 2. The minimum Gasteiger partial charge on any atom is -0.467 e. The summed E-state index contributed by atoms with van der Waals surface area (Å²) in [6, 6.07) is 19.7. The molecule has 36 heavy (non-hydrogen) atoms. The van der Waals surface area contributed by atoms with Crippen LogP contribution in [-0.2, 0) is 11.3 Å². The van der Waals surface area contributed by atoms with Gasteiger partial charge in [-0.25, -0.2) is 0 Å². The lowest BCUT2D eigenvalue weighted by Gasteiger charge is -2.29. The van der Waals surface area contributed by atoms with E-state index in [1.54, 1.807) is 12.5 Å². The van der Waals surface area contributed by atoms with Crippen molar-refractivity contribution in [2.45, 2.75) is 39.4 Å². The van der Waals surface area contributed by atoms with Crippen LogP contribution in [0.3, 0.4) is 0 Å². The second-order valence-electron chi connectivity index (χ2n) is 9.28. The van der Waals surface area contributed by atoms with Crippen LogP contribution < -0.4 is 15.5 Å². The monoisotopic (exact) mass is 499 g/mol. The second-order valence-corrected chi connectivity index (χ2v) is 9.67. The molecule has 0 bridgehead atoms. The first kappa shape index (κ1) is 23.8. The Morgan fingerprint density at radius 3 is 2.72 bits per heavy atom. The molecule has 0 aliphatic carbocycles. The topological polar surface area (TPSA) is 75.3 Å². The maximum absolute atomic E-state index is 12.3. The van der Waals surface area contributed by atoms with Crippen molar-refractivity contribution in [1.82, 2.24) is 14.9 Å². The van der Waals surface area contributed by atoms with Crippen molar-refractivity contribution in [2.24, 2.45) is 5.92 Å². The van der Waals surface area contributed by atoms with Crippen LogP contribution in [0.5, 0.6) is 0 Å². The molecule has 2 unspecified atom stereocenters. The average molecular weight is 500 g/mol. The van der Waals surface area contributed by atoms with Gasteiger partial charge in [0.05, 0.1) is 24.5 Å². The molecule has 0 saturated carbocycles. The summed E-state index contributed by atoms with van der Waals surface area (Å²) in [7, 11) is 0. The predicted molar refractivity (Wildman–Crippen MR) is 145 cm³/mol. The molecular weight excluding hydrogens is 470 g/mol. The van der Waals surface area contributed by atoms with Crippen LogP contribution in [0.15, 0.2) is 83.7 Å². The molecule has 1 aliphatic rings. The van der Waals surface area contributed by atoms with E-state index in [0.717, 1.165) is 34.1 Å². The number of rotatable bonds is 7. The Balaban J connectivity index is 1.55. The average Bonchev–Trinajstić information content (AvgIpc) is 3.61. The number of pyridine rings is 1. The maximum Gasteiger partial charge on any atom is 0.226 e. The first-order valence-electron chi connectivity index (χ1n) is 12.0.